The minimum Gasteiger partial charge on any atom is -0.493 e. The predicted molar refractivity (Wildman–Crippen MR) is 88.5 cm³/mol. The molecule has 2 N–H and O–H groups in total. The lowest BCUT2D eigenvalue weighted by Crippen LogP contribution is -2.45. The zero-order chi connectivity index (χ0) is 18.4. The second-order valence-corrected chi connectivity index (χ2v) is 5.61. The Hall–Kier alpha value is -2.61. The van der Waals surface area contributed by atoms with Gasteiger partial charge in [0.15, 0.2) is 0 Å². The van der Waals surface area contributed by atoms with Crippen molar-refractivity contribution < 1.29 is 29.0 Å². The van der Waals surface area contributed by atoms with Crippen LogP contribution in [0.25, 0.3) is 0 Å². The van der Waals surface area contributed by atoms with Gasteiger partial charge in [0.2, 0.25) is 5.91 Å². The summed E-state index contributed by atoms with van der Waals surface area (Å²) in [6.45, 7) is 2.12. The SMILES string of the molecule is CCOc1ccccc1C(=O)NCC(=O)N1CC(OC)CC1C(=O)O. The van der Waals surface area contributed by atoms with Crippen LogP contribution in [-0.4, -0.2) is 66.7 Å². The number of likely N-dealkylation sites (tertiary alicyclic amines) is 1. The minimum absolute atomic E-state index is 0.192. The first-order chi connectivity index (χ1) is 12.0. The molecule has 1 fully saturated rings. The molecule has 2 rings (SSSR count). The number of hydrogen-bond acceptors (Lipinski definition) is 5. The van der Waals surface area contributed by atoms with Gasteiger partial charge in [0.25, 0.3) is 5.91 Å². The van der Waals surface area contributed by atoms with Crippen molar-refractivity contribution in [2.45, 2.75) is 25.5 Å². The number of ether oxygens (including phenoxy) is 2. The van der Waals surface area contributed by atoms with E-state index in [1.54, 1.807) is 24.3 Å². The number of amides is 2. The van der Waals surface area contributed by atoms with Crippen LogP contribution in [0.3, 0.4) is 0 Å². The van der Waals surface area contributed by atoms with Gasteiger partial charge in [0, 0.05) is 20.1 Å². The van der Waals surface area contributed by atoms with Crippen molar-refractivity contribution in [1.82, 2.24) is 10.2 Å². The largest absolute Gasteiger partial charge is 0.493 e. The summed E-state index contributed by atoms with van der Waals surface area (Å²) in [5.41, 5.74) is 0.322. The van der Waals surface area contributed by atoms with E-state index in [4.69, 9.17) is 9.47 Å². The molecule has 2 unspecified atom stereocenters. The highest BCUT2D eigenvalue weighted by molar-refractivity contribution is 5.99. The molecule has 1 aromatic rings. The van der Waals surface area contributed by atoms with Crippen molar-refractivity contribution in [3.63, 3.8) is 0 Å². The van der Waals surface area contributed by atoms with Crippen LogP contribution >= 0.6 is 0 Å². The Kier molecular flexibility index (Phi) is 6.35. The maximum atomic E-state index is 12.3. The van der Waals surface area contributed by atoms with Crippen LogP contribution in [0, 0.1) is 0 Å². The number of benzene rings is 1. The van der Waals surface area contributed by atoms with Gasteiger partial charge in [-0.3, -0.25) is 9.59 Å². The molecule has 2 atom stereocenters. The zero-order valence-electron chi connectivity index (χ0n) is 14.2. The lowest BCUT2D eigenvalue weighted by Gasteiger charge is -2.21. The third-order valence-corrected chi connectivity index (χ3v) is 4.03. The van der Waals surface area contributed by atoms with Crippen molar-refractivity contribution in [2.24, 2.45) is 0 Å². The average molecular weight is 350 g/mol. The standard InChI is InChI=1S/C17H22N2O6/c1-3-25-14-7-5-4-6-12(14)16(21)18-9-15(20)19-10-11(24-2)8-13(19)17(22)23/h4-7,11,13H,3,8-10H2,1-2H3,(H,18,21)(H,22,23). The van der Waals surface area contributed by atoms with Gasteiger partial charge in [-0.15, -0.1) is 0 Å². The first kappa shape index (κ1) is 18.7. The number of para-hydroxylation sites is 1. The second-order valence-electron chi connectivity index (χ2n) is 5.61. The predicted octanol–water partition coefficient (Wildman–Crippen LogP) is 0.516. The number of aliphatic carboxylic acids is 1. The van der Waals surface area contributed by atoms with E-state index < -0.39 is 23.8 Å². The highest BCUT2D eigenvalue weighted by Crippen LogP contribution is 2.21. The van der Waals surface area contributed by atoms with Crippen molar-refractivity contribution in [3.8, 4) is 5.75 Å². The van der Waals surface area contributed by atoms with Gasteiger partial charge in [-0.05, 0) is 19.1 Å². The van der Waals surface area contributed by atoms with Crippen LogP contribution in [-0.2, 0) is 14.3 Å². The number of hydrogen-bond donors (Lipinski definition) is 2. The first-order valence-corrected chi connectivity index (χ1v) is 8.03. The van der Waals surface area contributed by atoms with Crippen molar-refractivity contribution in [3.05, 3.63) is 29.8 Å². The van der Waals surface area contributed by atoms with Crippen LogP contribution in [0.2, 0.25) is 0 Å². The number of rotatable bonds is 7. The fourth-order valence-electron chi connectivity index (χ4n) is 2.77. The Bertz CT molecular complexity index is 648. The summed E-state index contributed by atoms with van der Waals surface area (Å²) in [7, 11) is 1.48. The van der Waals surface area contributed by atoms with Crippen LogP contribution in [0.1, 0.15) is 23.7 Å². The zero-order valence-corrected chi connectivity index (χ0v) is 14.2. The molecule has 0 spiro atoms. The summed E-state index contributed by atoms with van der Waals surface area (Å²) in [6, 6.07) is 5.78. The fourth-order valence-corrected chi connectivity index (χ4v) is 2.77. The summed E-state index contributed by atoms with van der Waals surface area (Å²) in [5, 5.41) is 11.8. The van der Waals surface area contributed by atoms with E-state index in [2.05, 4.69) is 5.32 Å². The Balaban J connectivity index is 1.99. The summed E-state index contributed by atoms with van der Waals surface area (Å²) in [4.78, 5) is 37.2. The minimum atomic E-state index is -1.08. The molecule has 136 valence electrons. The lowest BCUT2D eigenvalue weighted by atomic mass is 10.2. The van der Waals surface area contributed by atoms with E-state index in [-0.39, 0.29) is 25.6 Å². The van der Waals surface area contributed by atoms with E-state index in [0.717, 1.165) is 0 Å². The normalized spacial score (nSPS) is 19.5. The van der Waals surface area contributed by atoms with Gasteiger partial charge in [-0.1, -0.05) is 12.1 Å². The van der Waals surface area contributed by atoms with Crippen LogP contribution in [0.5, 0.6) is 5.75 Å². The molecule has 1 aromatic carbocycles. The topological polar surface area (TPSA) is 105 Å². The summed E-state index contributed by atoms with van der Waals surface area (Å²) >= 11 is 0. The summed E-state index contributed by atoms with van der Waals surface area (Å²) < 4.78 is 10.5. The Labute approximate surface area is 145 Å². The molecule has 0 radical (unpaired) electrons. The van der Waals surface area contributed by atoms with Crippen molar-refractivity contribution >= 4 is 17.8 Å². The van der Waals surface area contributed by atoms with Crippen LogP contribution < -0.4 is 10.1 Å². The molecule has 25 heavy (non-hydrogen) atoms. The van der Waals surface area contributed by atoms with Gasteiger partial charge < -0.3 is 24.8 Å². The number of nitrogens with zero attached hydrogens (tertiary/aromatic N) is 1. The smallest absolute Gasteiger partial charge is 0.326 e. The van der Waals surface area contributed by atoms with Gasteiger partial charge >= 0.3 is 5.97 Å². The second kappa shape index (κ2) is 8.48. The Morgan fingerprint density at radius 1 is 1.32 bits per heavy atom. The van der Waals surface area contributed by atoms with Gasteiger partial charge in [0.05, 0.1) is 24.8 Å². The summed E-state index contributed by atoms with van der Waals surface area (Å²) in [5.74, 6) is -1.57. The summed E-state index contributed by atoms with van der Waals surface area (Å²) in [6.07, 6.45) is -0.0852. The molecule has 8 heteroatoms. The number of nitrogens with one attached hydrogen (secondary N) is 1. The Morgan fingerprint density at radius 2 is 2.04 bits per heavy atom. The van der Waals surface area contributed by atoms with Crippen molar-refractivity contribution in [1.29, 1.82) is 0 Å². The molecule has 0 bridgehead atoms. The van der Waals surface area contributed by atoms with Crippen LogP contribution in [0.4, 0.5) is 0 Å². The molecule has 0 aromatic heterocycles. The molecule has 1 heterocycles. The maximum Gasteiger partial charge on any atom is 0.326 e. The molecule has 8 nitrogen and oxygen atoms in total. The first-order valence-electron chi connectivity index (χ1n) is 8.03. The molecule has 2 amide bonds. The highest BCUT2D eigenvalue weighted by Gasteiger charge is 2.39. The van der Waals surface area contributed by atoms with E-state index in [1.165, 1.54) is 12.0 Å². The fraction of sp³-hybridized carbons (Fsp3) is 0.471. The van der Waals surface area contributed by atoms with E-state index in [9.17, 15) is 19.5 Å². The molecule has 1 aliphatic heterocycles. The molecule has 0 saturated carbocycles. The van der Waals surface area contributed by atoms with Gasteiger partial charge in [-0.25, -0.2) is 4.79 Å². The number of methoxy groups -OCH3 is 1. The van der Waals surface area contributed by atoms with E-state index >= 15 is 0 Å². The highest BCUT2D eigenvalue weighted by atomic mass is 16.5. The number of carbonyl (C=O) groups is 3. The number of carboxylic acids is 1. The number of carbonyl (C=O) groups excluding carboxylic acids is 2. The quantitative estimate of drug-likeness (QED) is 0.743. The molecule has 1 saturated heterocycles. The van der Waals surface area contributed by atoms with E-state index in [0.29, 0.717) is 17.9 Å². The number of carboxylic acid groups (broad SMARTS) is 1. The maximum absolute atomic E-state index is 12.3. The molecular weight excluding hydrogens is 328 g/mol. The third kappa shape index (κ3) is 4.48. The van der Waals surface area contributed by atoms with Gasteiger partial charge in [0.1, 0.15) is 11.8 Å². The molecular formula is C17H22N2O6. The molecule has 0 aliphatic carbocycles. The average Bonchev–Trinajstić information content (AvgIpc) is 3.05. The van der Waals surface area contributed by atoms with Crippen LogP contribution in [0.15, 0.2) is 24.3 Å². The lowest BCUT2D eigenvalue weighted by molar-refractivity contribution is -0.147. The Morgan fingerprint density at radius 3 is 2.68 bits per heavy atom. The van der Waals surface area contributed by atoms with Crippen molar-refractivity contribution in [2.75, 3.05) is 26.8 Å². The van der Waals surface area contributed by atoms with E-state index in [1.807, 2.05) is 6.92 Å². The van der Waals surface area contributed by atoms with Gasteiger partial charge in [-0.2, -0.15) is 0 Å². The third-order valence-electron chi connectivity index (χ3n) is 4.03. The monoisotopic (exact) mass is 350 g/mol. The molecule has 1 aliphatic rings.